The zero-order valence-electron chi connectivity index (χ0n) is 7.78. The first-order chi connectivity index (χ1) is 6.50. The van der Waals surface area contributed by atoms with Gasteiger partial charge < -0.3 is 0 Å². The highest BCUT2D eigenvalue weighted by Crippen LogP contribution is 2.43. The fraction of sp³-hybridized carbons (Fsp3) is 1.00. The van der Waals surface area contributed by atoms with Crippen LogP contribution in [0.2, 0.25) is 0 Å². The Morgan fingerprint density at radius 2 is 0.750 bits per heavy atom. The Hall–Kier alpha value is 1.46. The molecule has 100 valence electrons. The molecule has 0 aromatic rings. The van der Waals surface area contributed by atoms with E-state index in [-0.39, 0.29) is 0 Å². The van der Waals surface area contributed by atoms with Gasteiger partial charge in [-0.3, -0.25) is 0 Å². The Bertz CT molecular complexity index is 159. The highest BCUT2D eigenvalue weighted by Gasteiger charge is 2.48. The van der Waals surface area contributed by atoms with Gasteiger partial charge in [0, 0.05) is 0 Å². The van der Waals surface area contributed by atoms with Gasteiger partial charge in [0.1, 0.15) is 0 Å². The number of hydrogen-bond acceptors (Lipinski definition) is 0. The third kappa shape index (κ3) is 8.54. The average Bonchev–Trinajstić information content (AvgIpc) is 1.77. The number of hydrogen-bond donors (Lipinski definition) is 0. The largest absolute Gasteiger partial charge is 0.421 e. The van der Waals surface area contributed by atoms with Gasteiger partial charge in [-0.25, -0.2) is 4.39 Å². The predicted octanol–water partition coefficient (Wildman–Crippen LogP) is 6.02. The molecule has 10 heteroatoms. The van der Waals surface area contributed by atoms with Gasteiger partial charge in [-0.15, -0.1) is 0 Å². The van der Waals surface area contributed by atoms with Crippen molar-refractivity contribution in [2.24, 2.45) is 0 Å². The lowest BCUT2D eigenvalue weighted by Crippen LogP contribution is -2.30. The second kappa shape index (κ2) is 6.07. The molecule has 0 spiro atoms. The Morgan fingerprint density at radius 3 is 0.750 bits per heavy atom. The molecule has 16 heavy (non-hydrogen) atoms. The van der Waals surface area contributed by atoms with Crippen LogP contribution in [0.1, 0.15) is 13.8 Å². The molecule has 0 aromatic heterocycles. The van der Waals surface area contributed by atoms with E-state index in [4.69, 9.17) is 46.4 Å². The van der Waals surface area contributed by atoms with Crippen LogP contribution in [0.25, 0.3) is 0 Å². The normalized spacial score (nSPS) is 14.2. The van der Waals surface area contributed by atoms with E-state index in [0.717, 1.165) is 6.92 Å². The molecule has 0 unspecified atom stereocenters. The first kappa shape index (κ1) is 19.8. The van der Waals surface area contributed by atoms with Crippen LogP contribution in [0.15, 0.2) is 0 Å². The lowest BCUT2D eigenvalue weighted by Gasteiger charge is -2.19. The zero-order valence-corrected chi connectivity index (χ0v) is 12.3. The van der Waals surface area contributed by atoms with Gasteiger partial charge in [0.05, 0.1) is 0 Å². The number of alkyl halides is 10. The topological polar surface area (TPSA) is 0 Å². The zero-order chi connectivity index (χ0) is 14.0. The highest BCUT2D eigenvalue weighted by molar-refractivity contribution is 6.61. The Labute approximate surface area is 120 Å². The minimum atomic E-state index is -4.53. The van der Waals surface area contributed by atoms with E-state index in [9.17, 15) is 17.6 Å². The van der Waals surface area contributed by atoms with E-state index in [1.54, 1.807) is 0 Å². The van der Waals surface area contributed by atoms with Crippen LogP contribution in [0.5, 0.6) is 0 Å². The molecule has 0 radical (unpaired) electrons. The van der Waals surface area contributed by atoms with Crippen LogP contribution in [0.3, 0.4) is 0 Å². The summed E-state index contributed by atoms with van der Waals surface area (Å²) in [6.07, 6.45) is -4.53. The lowest BCUT2D eigenvalue weighted by atomic mass is 10.5. The molecule has 0 aromatic carbocycles. The van der Waals surface area contributed by atoms with Crippen molar-refractivity contribution in [1.29, 1.82) is 0 Å². The molecule has 0 rings (SSSR count). The minimum Gasteiger partial charge on any atom is -0.205 e. The van der Waals surface area contributed by atoms with E-state index in [1.807, 2.05) is 0 Å². The third-order valence-electron chi connectivity index (χ3n) is 0.996. The lowest BCUT2D eigenvalue weighted by molar-refractivity contribution is -0.137. The molecule has 0 heterocycles. The molecule has 0 saturated carbocycles. The summed E-state index contributed by atoms with van der Waals surface area (Å²) in [5, 5.41) is 0. The van der Waals surface area contributed by atoms with Gasteiger partial charge in [0.2, 0.25) is 4.33 Å². The maximum absolute atomic E-state index is 12.2. The van der Waals surface area contributed by atoms with Gasteiger partial charge >= 0.3 is 6.18 Å². The van der Waals surface area contributed by atoms with Gasteiger partial charge in [0.25, 0.3) is 4.59 Å². The fourth-order valence-electron chi connectivity index (χ4n) is 0. The summed E-state index contributed by atoms with van der Waals surface area (Å²) >= 11 is 29.3. The Kier molecular flexibility index (Phi) is 7.51. The molecule has 0 aliphatic rings. The van der Waals surface area contributed by atoms with Crippen LogP contribution in [0.4, 0.5) is 17.6 Å². The Balaban J connectivity index is 0. The predicted molar refractivity (Wildman–Crippen MR) is 61.8 cm³/mol. The van der Waals surface area contributed by atoms with E-state index < -0.39 is 19.4 Å². The smallest absolute Gasteiger partial charge is 0.205 e. The summed E-state index contributed by atoms with van der Waals surface area (Å²) in [6, 6.07) is 0. The van der Waals surface area contributed by atoms with Crippen molar-refractivity contribution in [2.75, 3.05) is 0 Å². The van der Waals surface area contributed by atoms with Crippen molar-refractivity contribution in [2.45, 2.75) is 33.3 Å². The summed E-state index contributed by atoms with van der Waals surface area (Å²) < 4.78 is 39.1. The monoisotopic (exact) mass is 364 g/mol. The maximum Gasteiger partial charge on any atom is 0.421 e. The summed E-state index contributed by atoms with van der Waals surface area (Å²) in [6.45, 7) is 1.84. The van der Waals surface area contributed by atoms with Gasteiger partial charge in [-0.2, -0.15) is 13.2 Å². The van der Waals surface area contributed by atoms with E-state index >= 15 is 0 Å². The van der Waals surface area contributed by atoms with Crippen LogP contribution in [-0.2, 0) is 0 Å². The maximum atomic E-state index is 12.2. The fourth-order valence-corrected chi connectivity index (χ4v) is 0. The number of halogens is 10. The molecule has 0 amide bonds. The van der Waals surface area contributed by atoms with E-state index in [1.165, 1.54) is 0 Å². The Morgan fingerprint density at radius 1 is 0.625 bits per heavy atom. The van der Waals surface area contributed by atoms with Gasteiger partial charge in [-0.05, 0) is 13.8 Å². The van der Waals surface area contributed by atoms with Gasteiger partial charge in [-0.1, -0.05) is 69.6 Å². The third-order valence-corrected chi connectivity index (χ3v) is 3.09. The minimum absolute atomic E-state index is 0.677. The molecule has 0 bridgehead atoms. The van der Waals surface area contributed by atoms with Crippen LogP contribution < -0.4 is 0 Å². The summed E-state index contributed by atoms with van der Waals surface area (Å²) in [5.74, 6) is 0. The average molecular weight is 367 g/mol. The van der Waals surface area contributed by atoms with Crippen LogP contribution in [-0.4, -0.2) is 19.4 Å². The van der Waals surface area contributed by atoms with E-state index in [0.29, 0.717) is 6.92 Å². The van der Waals surface area contributed by atoms with E-state index in [2.05, 4.69) is 23.2 Å². The molecular formula is C6H6Cl6F4. The molecular weight excluding hydrogens is 361 g/mol. The first-order valence-corrected chi connectivity index (χ1v) is 5.66. The van der Waals surface area contributed by atoms with Crippen molar-refractivity contribution in [3.8, 4) is 0 Å². The number of rotatable bonds is 1. The van der Waals surface area contributed by atoms with Crippen LogP contribution in [0, 0.1) is 0 Å². The molecule has 0 nitrogen and oxygen atoms in total. The molecule has 0 saturated heterocycles. The quantitative estimate of drug-likeness (QED) is 0.393. The summed E-state index contributed by atoms with van der Waals surface area (Å²) in [4.78, 5) is 0. The summed E-state index contributed by atoms with van der Waals surface area (Å²) in [7, 11) is 0. The van der Waals surface area contributed by atoms with Crippen molar-refractivity contribution in [1.82, 2.24) is 0 Å². The highest BCUT2D eigenvalue weighted by atomic mass is 35.5. The van der Waals surface area contributed by atoms with Crippen molar-refractivity contribution in [3.05, 3.63) is 0 Å². The molecule has 0 fully saturated rings. The van der Waals surface area contributed by atoms with Crippen molar-refractivity contribution >= 4 is 69.6 Å². The molecule has 0 aliphatic heterocycles. The van der Waals surface area contributed by atoms with Crippen LogP contribution >= 0.6 is 69.6 Å². The first-order valence-electron chi connectivity index (χ1n) is 3.39. The second-order valence-corrected chi connectivity index (χ2v) is 7.42. The van der Waals surface area contributed by atoms with Crippen molar-refractivity contribution < 1.29 is 17.6 Å². The van der Waals surface area contributed by atoms with Gasteiger partial charge in [0.15, 0.2) is 4.33 Å². The molecule has 0 N–H and O–H groups in total. The standard InChI is InChI=1S/C3H3Cl4F.C3H3Cl2F3/c2*1-2(4,5)3(6,7)8/h2*1H3. The SMILES string of the molecule is CC(Cl)(Cl)C(F)(Cl)Cl.CC(Cl)(Cl)C(F)(F)F. The summed E-state index contributed by atoms with van der Waals surface area (Å²) in [5.41, 5.74) is 0. The molecule has 0 aliphatic carbocycles. The second-order valence-electron chi connectivity index (χ2n) is 2.77. The van der Waals surface area contributed by atoms with Crippen molar-refractivity contribution in [3.63, 3.8) is 0 Å². The molecule has 0 atom stereocenters.